The van der Waals surface area contributed by atoms with Gasteiger partial charge in [-0.3, -0.25) is 0 Å². The summed E-state index contributed by atoms with van der Waals surface area (Å²) in [5.74, 6) is 0.730. The van der Waals surface area contributed by atoms with Gasteiger partial charge in [0.25, 0.3) is 0 Å². The molecule has 0 bridgehead atoms. The van der Waals surface area contributed by atoms with E-state index in [1.807, 2.05) is 0 Å². The first-order valence-corrected chi connectivity index (χ1v) is 5.47. The van der Waals surface area contributed by atoms with E-state index in [-0.39, 0.29) is 5.95 Å². The van der Waals surface area contributed by atoms with Crippen molar-refractivity contribution >= 4 is 0 Å². The molecular weight excluding hydrogens is 195 g/mol. The molecule has 4 heteroatoms. The van der Waals surface area contributed by atoms with Crippen LogP contribution in [0.1, 0.15) is 42.3 Å². The molecule has 1 aliphatic carbocycles. The largest absolute Gasteiger partial charge is 0.376 e. The molecule has 15 heavy (non-hydrogen) atoms. The van der Waals surface area contributed by atoms with E-state index in [0.717, 1.165) is 18.5 Å². The highest BCUT2D eigenvalue weighted by Crippen LogP contribution is 2.35. The second-order valence-corrected chi connectivity index (χ2v) is 4.23. The predicted molar refractivity (Wildman–Crippen MR) is 51.9 cm³/mol. The normalized spacial score (nSPS) is 20.9. The maximum Gasteiger partial charge on any atom is 0.221 e. The van der Waals surface area contributed by atoms with Gasteiger partial charge in [0.2, 0.25) is 5.95 Å². The zero-order chi connectivity index (χ0) is 10.3. The van der Waals surface area contributed by atoms with E-state index in [4.69, 9.17) is 4.74 Å². The molecule has 2 aliphatic rings. The molecule has 1 aromatic rings. The lowest BCUT2D eigenvalue weighted by Gasteiger charge is -2.25. The standard InChI is InChI=1S/C11H13FN2O/c12-10-8-6-15-5-4-9(8)13-11(14-10)7-2-1-3-7/h7H,1-6H2. The maximum absolute atomic E-state index is 13.6. The summed E-state index contributed by atoms with van der Waals surface area (Å²) in [6.07, 6.45) is 4.15. The molecule has 0 saturated heterocycles. The Kier molecular flexibility index (Phi) is 2.16. The molecule has 3 rings (SSSR count). The third-order valence-corrected chi connectivity index (χ3v) is 3.26. The summed E-state index contributed by atoms with van der Waals surface area (Å²) in [4.78, 5) is 8.42. The predicted octanol–water partition coefficient (Wildman–Crippen LogP) is 1.96. The van der Waals surface area contributed by atoms with E-state index in [9.17, 15) is 4.39 Å². The fraction of sp³-hybridized carbons (Fsp3) is 0.636. The van der Waals surface area contributed by atoms with Crippen molar-refractivity contribution in [2.24, 2.45) is 0 Å². The monoisotopic (exact) mass is 208 g/mol. The van der Waals surface area contributed by atoms with Crippen molar-refractivity contribution in [1.29, 1.82) is 0 Å². The third-order valence-electron chi connectivity index (χ3n) is 3.26. The van der Waals surface area contributed by atoms with Gasteiger partial charge in [0, 0.05) is 12.3 Å². The van der Waals surface area contributed by atoms with Crippen molar-refractivity contribution in [3.05, 3.63) is 23.0 Å². The van der Waals surface area contributed by atoms with E-state index in [1.54, 1.807) is 0 Å². The summed E-state index contributed by atoms with van der Waals surface area (Å²) in [6, 6.07) is 0. The smallest absolute Gasteiger partial charge is 0.221 e. The number of fused-ring (bicyclic) bond motifs is 1. The fourth-order valence-corrected chi connectivity index (χ4v) is 2.06. The molecule has 0 spiro atoms. The van der Waals surface area contributed by atoms with Crippen LogP contribution in [-0.2, 0) is 17.8 Å². The Balaban J connectivity index is 2.00. The molecule has 0 N–H and O–H groups in total. The Morgan fingerprint density at radius 3 is 2.87 bits per heavy atom. The number of rotatable bonds is 1. The van der Waals surface area contributed by atoms with E-state index < -0.39 is 0 Å². The Hall–Kier alpha value is -1.03. The molecule has 0 amide bonds. The molecule has 1 aliphatic heterocycles. The highest BCUT2D eigenvalue weighted by atomic mass is 19.1. The average molecular weight is 208 g/mol. The first-order chi connectivity index (χ1) is 7.34. The van der Waals surface area contributed by atoms with Gasteiger partial charge in [-0.1, -0.05) is 6.42 Å². The first-order valence-electron chi connectivity index (χ1n) is 5.47. The SMILES string of the molecule is Fc1nc(C2CCC2)nc2c1COCC2. The van der Waals surface area contributed by atoms with Gasteiger partial charge in [0.1, 0.15) is 5.82 Å². The molecule has 3 nitrogen and oxygen atoms in total. The molecule has 1 fully saturated rings. The van der Waals surface area contributed by atoms with Crippen LogP contribution in [0.2, 0.25) is 0 Å². The van der Waals surface area contributed by atoms with Crippen LogP contribution in [0.15, 0.2) is 0 Å². The van der Waals surface area contributed by atoms with Gasteiger partial charge in [-0.25, -0.2) is 9.97 Å². The number of ether oxygens (including phenoxy) is 1. The Morgan fingerprint density at radius 2 is 2.13 bits per heavy atom. The van der Waals surface area contributed by atoms with Gasteiger partial charge in [0.15, 0.2) is 0 Å². The zero-order valence-electron chi connectivity index (χ0n) is 8.50. The summed E-state index contributed by atoms with van der Waals surface area (Å²) in [5.41, 5.74) is 1.42. The highest BCUT2D eigenvalue weighted by molar-refractivity contribution is 5.21. The molecule has 0 atom stereocenters. The van der Waals surface area contributed by atoms with Crippen molar-refractivity contribution in [1.82, 2.24) is 9.97 Å². The van der Waals surface area contributed by atoms with Gasteiger partial charge in [-0.2, -0.15) is 4.39 Å². The summed E-state index contributed by atoms with van der Waals surface area (Å²) >= 11 is 0. The number of hydrogen-bond acceptors (Lipinski definition) is 3. The van der Waals surface area contributed by atoms with Crippen molar-refractivity contribution in [3.63, 3.8) is 0 Å². The highest BCUT2D eigenvalue weighted by Gasteiger charge is 2.26. The summed E-state index contributed by atoms with van der Waals surface area (Å²) in [7, 11) is 0. The summed E-state index contributed by atoms with van der Waals surface area (Å²) in [5, 5.41) is 0. The number of halogens is 1. The minimum atomic E-state index is -0.374. The average Bonchev–Trinajstić information content (AvgIpc) is 2.15. The fourth-order valence-electron chi connectivity index (χ4n) is 2.06. The van der Waals surface area contributed by atoms with Crippen molar-refractivity contribution in [3.8, 4) is 0 Å². The van der Waals surface area contributed by atoms with Gasteiger partial charge in [-0.05, 0) is 12.8 Å². The van der Waals surface area contributed by atoms with Crippen molar-refractivity contribution < 1.29 is 9.13 Å². The van der Waals surface area contributed by atoms with Gasteiger partial charge < -0.3 is 4.74 Å². The minimum absolute atomic E-state index is 0.326. The van der Waals surface area contributed by atoms with Crippen LogP contribution in [0.25, 0.3) is 0 Å². The van der Waals surface area contributed by atoms with Crippen LogP contribution >= 0.6 is 0 Å². The van der Waals surface area contributed by atoms with Crippen molar-refractivity contribution in [2.45, 2.75) is 38.2 Å². The van der Waals surface area contributed by atoms with E-state index >= 15 is 0 Å². The van der Waals surface area contributed by atoms with Crippen LogP contribution < -0.4 is 0 Å². The topological polar surface area (TPSA) is 35.0 Å². The Bertz CT molecular complexity index is 390. The number of aromatic nitrogens is 2. The van der Waals surface area contributed by atoms with Crippen molar-refractivity contribution in [2.75, 3.05) is 6.61 Å². The van der Waals surface area contributed by atoms with Crippen LogP contribution in [0.5, 0.6) is 0 Å². The lowest BCUT2D eigenvalue weighted by Crippen LogP contribution is -2.20. The molecule has 2 heterocycles. The second-order valence-electron chi connectivity index (χ2n) is 4.23. The second kappa shape index (κ2) is 3.52. The zero-order valence-corrected chi connectivity index (χ0v) is 8.50. The quantitative estimate of drug-likeness (QED) is 0.662. The summed E-state index contributed by atoms with van der Waals surface area (Å²) in [6.45, 7) is 0.972. The maximum atomic E-state index is 13.6. The van der Waals surface area contributed by atoms with Crippen LogP contribution in [-0.4, -0.2) is 16.6 Å². The Labute approximate surface area is 87.7 Å². The molecule has 80 valence electrons. The lowest BCUT2D eigenvalue weighted by atomic mass is 9.84. The van der Waals surface area contributed by atoms with Crippen LogP contribution in [0.3, 0.4) is 0 Å². The third kappa shape index (κ3) is 1.53. The molecular formula is C11H13FN2O. The van der Waals surface area contributed by atoms with Gasteiger partial charge in [0.05, 0.1) is 24.5 Å². The summed E-state index contributed by atoms with van der Waals surface area (Å²) < 4.78 is 18.8. The molecule has 0 unspecified atom stereocenters. The molecule has 0 radical (unpaired) electrons. The first kappa shape index (κ1) is 9.21. The lowest BCUT2D eigenvalue weighted by molar-refractivity contribution is 0.104. The Morgan fingerprint density at radius 1 is 1.27 bits per heavy atom. The molecule has 0 aromatic carbocycles. The van der Waals surface area contributed by atoms with E-state index in [1.165, 1.54) is 6.42 Å². The molecule has 1 aromatic heterocycles. The van der Waals surface area contributed by atoms with Gasteiger partial charge >= 0.3 is 0 Å². The van der Waals surface area contributed by atoms with Crippen LogP contribution in [0, 0.1) is 5.95 Å². The molecule has 1 saturated carbocycles. The minimum Gasteiger partial charge on any atom is -0.376 e. The van der Waals surface area contributed by atoms with Crippen LogP contribution in [0.4, 0.5) is 4.39 Å². The number of hydrogen-bond donors (Lipinski definition) is 0. The number of nitrogens with zero attached hydrogens (tertiary/aromatic N) is 2. The van der Waals surface area contributed by atoms with Gasteiger partial charge in [-0.15, -0.1) is 0 Å². The van der Waals surface area contributed by atoms with E-state index in [0.29, 0.717) is 36.9 Å². The van der Waals surface area contributed by atoms with E-state index in [2.05, 4.69) is 9.97 Å².